The monoisotopic (exact) mass is 742 g/mol. The van der Waals surface area contributed by atoms with Crippen molar-refractivity contribution in [1.29, 1.82) is 5.26 Å². The first-order valence-electron chi connectivity index (χ1n) is 19.0. The summed E-state index contributed by atoms with van der Waals surface area (Å²) >= 11 is 0. The van der Waals surface area contributed by atoms with Crippen molar-refractivity contribution < 1.29 is 28.7 Å². The Morgan fingerprint density at radius 2 is 1.68 bits per heavy atom. The van der Waals surface area contributed by atoms with Crippen LogP contribution in [0.2, 0.25) is 0 Å². The number of nitrogen functional groups attached to an aromatic ring is 1. The van der Waals surface area contributed by atoms with Crippen molar-refractivity contribution in [3.8, 4) is 6.07 Å². The second-order valence-corrected chi connectivity index (χ2v) is 15.4. The van der Waals surface area contributed by atoms with E-state index in [0.717, 1.165) is 18.4 Å². The van der Waals surface area contributed by atoms with Crippen LogP contribution in [0.5, 0.6) is 0 Å². The van der Waals surface area contributed by atoms with E-state index < -0.39 is 36.3 Å². The van der Waals surface area contributed by atoms with Gasteiger partial charge in [-0.3, -0.25) is 24.1 Å². The van der Waals surface area contributed by atoms with Gasteiger partial charge in [0.15, 0.2) is 0 Å². The Kier molecular flexibility index (Phi) is 18.2. The molecule has 1 aliphatic heterocycles. The number of ether oxygens (including phenoxy) is 2. The van der Waals surface area contributed by atoms with Crippen LogP contribution in [0.3, 0.4) is 0 Å². The molecule has 4 amide bonds. The second kappa shape index (κ2) is 21.2. The maximum Gasteiger partial charge on any atom is 0.245 e. The number of carbonyl (C=O) groups excluding carboxylic acids is 4. The van der Waals surface area contributed by atoms with Crippen LogP contribution in [-0.2, 0) is 35.1 Å². The van der Waals surface area contributed by atoms with Gasteiger partial charge in [0.25, 0.3) is 0 Å². The summed E-state index contributed by atoms with van der Waals surface area (Å²) in [5.41, 5.74) is 7.54. The van der Waals surface area contributed by atoms with Gasteiger partial charge in [0.1, 0.15) is 6.04 Å². The number of nitriles is 1. The molecule has 1 aromatic carbocycles. The first-order chi connectivity index (χ1) is 24.9. The smallest absolute Gasteiger partial charge is 0.245 e. The lowest BCUT2D eigenvalue weighted by Crippen LogP contribution is -2.59. The summed E-state index contributed by atoms with van der Waals surface area (Å²) in [6.45, 7) is 12.0. The average Bonchev–Trinajstić information content (AvgIpc) is 3.61. The molecular weight excluding hydrogens is 674 g/mol. The maximum atomic E-state index is 14.2. The number of nitrogens with one attached hydrogen (secondary N) is 1. The predicted molar refractivity (Wildman–Crippen MR) is 207 cm³/mol. The topological polar surface area (TPSA) is 162 Å². The van der Waals surface area contributed by atoms with Crippen LogP contribution in [0.1, 0.15) is 79.2 Å². The van der Waals surface area contributed by atoms with E-state index in [1.807, 2.05) is 66.9 Å². The van der Waals surface area contributed by atoms with Crippen molar-refractivity contribution in [2.75, 3.05) is 54.7 Å². The summed E-state index contributed by atoms with van der Waals surface area (Å²) in [6.07, 6.45) is 1.62. The molecule has 13 nitrogen and oxygen atoms in total. The van der Waals surface area contributed by atoms with Crippen LogP contribution in [0.4, 0.5) is 5.69 Å². The molecule has 53 heavy (non-hydrogen) atoms. The van der Waals surface area contributed by atoms with Crippen LogP contribution >= 0.6 is 0 Å². The Morgan fingerprint density at radius 3 is 2.21 bits per heavy atom. The predicted octanol–water partition coefficient (Wildman–Crippen LogP) is 3.56. The fourth-order valence-electron chi connectivity index (χ4n) is 7.48. The van der Waals surface area contributed by atoms with Crippen LogP contribution in [0, 0.1) is 29.1 Å². The van der Waals surface area contributed by atoms with Crippen molar-refractivity contribution in [3.63, 3.8) is 0 Å². The third-order valence-electron chi connectivity index (χ3n) is 11.3. The molecule has 1 fully saturated rings. The van der Waals surface area contributed by atoms with Crippen LogP contribution < -0.4 is 11.1 Å². The zero-order valence-corrected chi connectivity index (χ0v) is 34.3. The van der Waals surface area contributed by atoms with Crippen LogP contribution in [0.15, 0.2) is 24.3 Å². The maximum absolute atomic E-state index is 14.2. The van der Waals surface area contributed by atoms with Gasteiger partial charge in [0.05, 0.1) is 55.2 Å². The number of hydrogen-bond acceptors (Lipinski definition) is 9. The van der Waals surface area contributed by atoms with E-state index in [9.17, 15) is 24.4 Å². The first-order valence-corrected chi connectivity index (χ1v) is 19.0. The fourth-order valence-corrected chi connectivity index (χ4v) is 7.48. The number of methoxy groups -OCH3 is 2. The Hall–Kier alpha value is -3.73. The van der Waals surface area contributed by atoms with Crippen molar-refractivity contribution in [2.24, 2.45) is 17.8 Å². The lowest BCUT2D eigenvalue weighted by molar-refractivity contribution is -0.149. The number of likely N-dealkylation sites (tertiary alicyclic amines) is 1. The van der Waals surface area contributed by atoms with E-state index in [1.54, 1.807) is 60.9 Å². The molecule has 0 saturated carbocycles. The zero-order chi connectivity index (χ0) is 40.2. The third-order valence-corrected chi connectivity index (χ3v) is 11.3. The van der Waals surface area contributed by atoms with Crippen molar-refractivity contribution in [1.82, 2.24) is 24.9 Å². The number of benzene rings is 1. The van der Waals surface area contributed by atoms with Gasteiger partial charge in [-0.2, -0.15) is 5.26 Å². The molecular formula is C40H67N7O6. The molecule has 298 valence electrons. The number of amides is 4. The molecule has 1 aromatic rings. The molecule has 1 heterocycles. The lowest BCUT2D eigenvalue weighted by Gasteiger charge is -2.41. The summed E-state index contributed by atoms with van der Waals surface area (Å²) in [7, 11) is 10.2. The van der Waals surface area contributed by atoms with Crippen LogP contribution in [-0.4, -0.2) is 135 Å². The standard InChI is InChI=1S/C40H67N7O6/c1-13-26(4)36(46(10)40(51)35(25(2)3)43-38(49)28(6)44(7)8)33(52-11)24-34(48)47-21-15-18-32(47)37(53-12)27(5)39(50)45(9)31(19-20-41)23-29-16-14-17-30(42)22-29/h14,16-17,22,25-28,31-33,35-37H,13,15,18-19,21,23-24,42H2,1-12H3,(H,43,49)/t26-,27+,28-,31+,32-,33+,35?,36-,37+/m0/s1. The SMILES string of the molecule is CC[C@H](C)[C@@H]([C@@H](CC(=O)N1CCC[C@H]1[C@H](OC)[C@@H](C)C(=O)N(C)[C@H](CC#N)Cc1cccc(N)c1)OC)N(C)C(=O)C(NC(=O)[C@H](C)N(C)C)C(C)C. The van der Waals surface area contributed by atoms with Gasteiger partial charge in [-0.05, 0) is 69.8 Å². The molecule has 2 rings (SSSR count). The number of nitrogens with zero attached hydrogens (tertiary/aromatic N) is 5. The quantitative estimate of drug-likeness (QED) is 0.191. The van der Waals surface area contributed by atoms with Crippen molar-refractivity contribution in [2.45, 2.75) is 122 Å². The van der Waals surface area contributed by atoms with Crippen molar-refractivity contribution in [3.05, 3.63) is 29.8 Å². The fraction of sp³-hybridized carbons (Fsp3) is 0.725. The van der Waals surface area contributed by atoms with E-state index in [4.69, 9.17) is 15.2 Å². The number of rotatable bonds is 20. The summed E-state index contributed by atoms with van der Waals surface area (Å²) < 4.78 is 12.0. The minimum Gasteiger partial charge on any atom is -0.399 e. The summed E-state index contributed by atoms with van der Waals surface area (Å²) in [5.74, 6) is -1.56. The number of carbonyl (C=O) groups is 4. The number of nitrogens with two attached hydrogens (primary N) is 1. The van der Waals surface area contributed by atoms with Gasteiger partial charge >= 0.3 is 0 Å². The Balaban J connectivity index is 2.29. The molecule has 1 aliphatic rings. The highest BCUT2D eigenvalue weighted by Gasteiger charge is 2.43. The molecule has 1 unspecified atom stereocenters. The van der Waals surface area contributed by atoms with Crippen molar-refractivity contribution >= 4 is 29.3 Å². The first kappa shape index (κ1) is 45.4. The van der Waals surface area contributed by atoms with Gasteiger partial charge < -0.3 is 35.2 Å². The lowest BCUT2D eigenvalue weighted by atomic mass is 9.89. The largest absolute Gasteiger partial charge is 0.399 e. The van der Waals surface area contributed by atoms with Gasteiger partial charge in [-0.1, -0.05) is 53.2 Å². The molecule has 0 radical (unpaired) electrons. The molecule has 13 heteroatoms. The average molecular weight is 742 g/mol. The molecule has 0 spiro atoms. The Morgan fingerprint density at radius 1 is 1.02 bits per heavy atom. The molecule has 3 N–H and O–H groups in total. The second-order valence-electron chi connectivity index (χ2n) is 15.4. The number of anilines is 1. The minimum absolute atomic E-state index is 0.0196. The summed E-state index contributed by atoms with van der Waals surface area (Å²) in [6, 6.07) is 7.33. The minimum atomic E-state index is -0.754. The van der Waals surface area contributed by atoms with Gasteiger partial charge in [-0.15, -0.1) is 0 Å². The summed E-state index contributed by atoms with van der Waals surface area (Å²) in [4.78, 5) is 62.2. The highest BCUT2D eigenvalue weighted by Crippen LogP contribution is 2.30. The highest BCUT2D eigenvalue weighted by molar-refractivity contribution is 5.90. The van der Waals surface area contributed by atoms with E-state index in [1.165, 1.54) is 0 Å². The van der Waals surface area contributed by atoms with Gasteiger partial charge in [0.2, 0.25) is 23.6 Å². The Bertz CT molecular complexity index is 1400. The van der Waals surface area contributed by atoms with Gasteiger partial charge in [-0.25, -0.2) is 0 Å². The number of hydrogen-bond donors (Lipinski definition) is 2. The van der Waals surface area contributed by atoms with Crippen LogP contribution in [0.25, 0.3) is 0 Å². The van der Waals surface area contributed by atoms with E-state index in [2.05, 4.69) is 11.4 Å². The van der Waals surface area contributed by atoms with Gasteiger partial charge in [0, 0.05) is 46.6 Å². The molecule has 0 aliphatic carbocycles. The zero-order valence-electron chi connectivity index (χ0n) is 34.3. The summed E-state index contributed by atoms with van der Waals surface area (Å²) in [5, 5.41) is 12.6. The number of likely N-dealkylation sites (N-methyl/N-ethyl adjacent to an activating group) is 3. The van der Waals surface area contributed by atoms with E-state index in [0.29, 0.717) is 25.1 Å². The van der Waals surface area contributed by atoms with E-state index in [-0.39, 0.29) is 60.4 Å². The molecule has 0 aromatic heterocycles. The molecule has 9 atom stereocenters. The highest BCUT2D eigenvalue weighted by atomic mass is 16.5. The normalized spacial score (nSPS) is 19.0. The Labute approximate surface area is 318 Å². The van der Waals surface area contributed by atoms with E-state index >= 15 is 0 Å². The third kappa shape index (κ3) is 11.9. The molecule has 0 bridgehead atoms. The molecule has 1 saturated heterocycles.